The Labute approximate surface area is 116 Å². The van der Waals surface area contributed by atoms with Crippen molar-refractivity contribution in [1.29, 1.82) is 0 Å². The molecule has 0 saturated carbocycles. The molecule has 0 radical (unpaired) electrons. The van der Waals surface area contributed by atoms with Crippen LogP contribution in [0.15, 0.2) is 30.5 Å². The maximum Gasteiger partial charge on any atom is 0.243 e. The van der Waals surface area contributed by atoms with Gasteiger partial charge >= 0.3 is 0 Å². The maximum absolute atomic E-state index is 4.53. The Kier molecular flexibility index (Phi) is 2.98. The summed E-state index contributed by atoms with van der Waals surface area (Å²) in [6.45, 7) is 6.29. The minimum absolute atomic E-state index is 0.219. The third kappa shape index (κ3) is 2.33. The number of pyridine rings is 1. The van der Waals surface area contributed by atoms with E-state index in [4.69, 9.17) is 0 Å². The molecule has 0 aliphatic heterocycles. The summed E-state index contributed by atoms with van der Waals surface area (Å²) in [4.78, 5) is 7.15. The van der Waals surface area contributed by atoms with Crippen LogP contribution in [0.5, 0.6) is 0 Å². The molecule has 0 aliphatic rings. The lowest BCUT2D eigenvalue weighted by Gasteiger charge is -2.09. The Morgan fingerprint density at radius 2 is 2.11 bits per heavy atom. The summed E-state index contributed by atoms with van der Waals surface area (Å²) < 4.78 is 1.81. The largest absolute Gasteiger partial charge is 0.346 e. The third-order valence-electron chi connectivity index (χ3n) is 3.09. The summed E-state index contributed by atoms with van der Waals surface area (Å²) in [5.41, 5.74) is 2.03. The summed E-state index contributed by atoms with van der Waals surface area (Å²) in [5, 5.41) is 7.80. The molecule has 3 heterocycles. The maximum atomic E-state index is 4.53. The van der Waals surface area contributed by atoms with E-state index in [2.05, 4.69) is 41.4 Å². The number of fused-ring (bicyclic) bond motifs is 1. The quantitative estimate of drug-likeness (QED) is 0.792. The molecule has 0 spiro atoms. The topological polar surface area (TPSA) is 42.2 Å². The van der Waals surface area contributed by atoms with E-state index in [-0.39, 0.29) is 6.04 Å². The van der Waals surface area contributed by atoms with Crippen molar-refractivity contribution in [3.63, 3.8) is 0 Å². The molecule has 1 atom stereocenters. The smallest absolute Gasteiger partial charge is 0.243 e. The summed E-state index contributed by atoms with van der Waals surface area (Å²) in [7, 11) is 0. The van der Waals surface area contributed by atoms with Gasteiger partial charge in [-0.05, 0) is 44.5 Å². The van der Waals surface area contributed by atoms with Crippen molar-refractivity contribution in [2.24, 2.45) is 0 Å². The van der Waals surface area contributed by atoms with Gasteiger partial charge in [-0.3, -0.25) is 0 Å². The Morgan fingerprint density at radius 3 is 2.79 bits per heavy atom. The predicted molar refractivity (Wildman–Crippen MR) is 78.8 cm³/mol. The molecule has 0 aromatic carbocycles. The van der Waals surface area contributed by atoms with Crippen LogP contribution in [0.4, 0.5) is 5.95 Å². The second-order valence-electron chi connectivity index (χ2n) is 4.71. The van der Waals surface area contributed by atoms with E-state index in [0.29, 0.717) is 5.95 Å². The van der Waals surface area contributed by atoms with Crippen molar-refractivity contribution in [2.45, 2.75) is 26.8 Å². The first-order valence-corrected chi connectivity index (χ1v) is 7.10. The van der Waals surface area contributed by atoms with Crippen molar-refractivity contribution in [2.75, 3.05) is 5.32 Å². The van der Waals surface area contributed by atoms with Crippen LogP contribution in [0, 0.1) is 13.8 Å². The molecule has 3 aromatic rings. The number of hydrogen-bond donors (Lipinski definition) is 1. The zero-order valence-corrected chi connectivity index (χ0v) is 12.0. The Hall–Kier alpha value is -1.88. The molecule has 4 nitrogen and oxygen atoms in total. The van der Waals surface area contributed by atoms with Crippen molar-refractivity contribution in [1.82, 2.24) is 14.6 Å². The van der Waals surface area contributed by atoms with Gasteiger partial charge in [0.2, 0.25) is 5.95 Å². The van der Waals surface area contributed by atoms with E-state index in [1.54, 1.807) is 11.3 Å². The molecular weight excluding hydrogens is 256 g/mol. The number of hydrogen-bond acceptors (Lipinski definition) is 4. The Balaban J connectivity index is 1.87. The molecule has 98 valence electrons. The van der Waals surface area contributed by atoms with Crippen molar-refractivity contribution < 1.29 is 0 Å². The van der Waals surface area contributed by atoms with Crippen LogP contribution in [0.1, 0.15) is 28.3 Å². The number of aryl methyl sites for hydroxylation is 2. The normalized spacial score (nSPS) is 12.8. The molecule has 5 heteroatoms. The first-order valence-electron chi connectivity index (χ1n) is 6.28. The minimum Gasteiger partial charge on any atom is -0.346 e. The van der Waals surface area contributed by atoms with Crippen molar-refractivity contribution in [3.05, 3.63) is 45.8 Å². The fourth-order valence-electron chi connectivity index (χ4n) is 2.05. The number of aromatic nitrogens is 3. The highest BCUT2D eigenvalue weighted by molar-refractivity contribution is 7.12. The molecule has 1 N–H and O–H groups in total. The van der Waals surface area contributed by atoms with Crippen molar-refractivity contribution >= 4 is 22.9 Å². The fraction of sp³-hybridized carbons (Fsp3) is 0.286. The van der Waals surface area contributed by atoms with Gasteiger partial charge < -0.3 is 5.32 Å². The van der Waals surface area contributed by atoms with Gasteiger partial charge in [0.1, 0.15) is 0 Å². The van der Waals surface area contributed by atoms with E-state index < -0.39 is 0 Å². The molecule has 0 saturated heterocycles. The molecular formula is C14H16N4S. The SMILES string of the molecule is Cc1ccc(C(C)Nc2nc3c(C)cccn3n2)s1. The lowest BCUT2D eigenvalue weighted by atomic mass is 10.3. The first-order chi connectivity index (χ1) is 9.13. The predicted octanol–water partition coefficient (Wildman–Crippen LogP) is 3.58. The number of thiophene rings is 1. The van der Waals surface area contributed by atoms with E-state index >= 15 is 0 Å². The minimum atomic E-state index is 0.219. The molecule has 0 amide bonds. The molecule has 0 bridgehead atoms. The molecule has 1 unspecified atom stereocenters. The summed E-state index contributed by atoms with van der Waals surface area (Å²) in [5.74, 6) is 0.674. The van der Waals surface area contributed by atoms with Crippen LogP contribution >= 0.6 is 11.3 Å². The number of anilines is 1. The molecule has 0 fully saturated rings. The lowest BCUT2D eigenvalue weighted by Crippen LogP contribution is -2.06. The molecule has 19 heavy (non-hydrogen) atoms. The van der Waals surface area contributed by atoms with Gasteiger partial charge in [-0.25, -0.2) is 4.52 Å². The van der Waals surface area contributed by atoms with Gasteiger partial charge in [-0.2, -0.15) is 4.98 Å². The van der Waals surface area contributed by atoms with Crippen LogP contribution < -0.4 is 5.32 Å². The second-order valence-corrected chi connectivity index (χ2v) is 6.03. The molecule has 0 aliphatic carbocycles. The highest BCUT2D eigenvalue weighted by Gasteiger charge is 2.11. The highest BCUT2D eigenvalue weighted by Crippen LogP contribution is 2.25. The van der Waals surface area contributed by atoms with Gasteiger partial charge in [0.15, 0.2) is 5.65 Å². The van der Waals surface area contributed by atoms with Crippen LogP contribution in [-0.2, 0) is 0 Å². The van der Waals surface area contributed by atoms with Crippen LogP contribution in [0.2, 0.25) is 0 Å². The van der Waals surface area contributed by atoms with E-state index in [0.717, 1.165) is 11.2 Å². The van der Waals surface area contributed by atoms with Crippen molar-refractivity contribution in [3.8, 4) is 0 Å². The summed E-state index contributed by atoms with van der Waals surface area (Å²) in [6.07, 6.45) is 1.92. The molecule has 3 aromatic heterocycles. The van der Waals surface area contributed by atoms with Crippen LogP contribution in [0.25, 0.3) is 5.65 Å². The van der Waals surface area contributed by atoms with Crippen LogP contribution in [-0.4, -0.2) is 14.6 Å². The standard InChI is InChI=1S/C14H16N4S/c1-9-5-4-8-18-13(9)16-14(17-18)15-11(3)12-7-6-10(2)19-12/h4-8,11H,1-3H3,(H,15,17). The third-order valence-corrected chi connectivity index (χ3v) is 4.27. The fourth-order valence-corrected chi connectivity index (χ4v) is 2.93. The Morgan fingerprint density at radius 1 is 1.26 bits per heavy atom. The zero-order chi connectivity index (χ0) is 13.4. The monoisotopic (exact) mass is 272 g/mol. The van der Waals surface area contributed by atoms with E-state index in [1.165, 1.54) is 9.75 Å². The number of nitrogens with one attached hydrogen (secondary N) is 1. The zero-order valence-electron chi connectivity index (χ0n) is 11.2. The summed E-state index contributed by atoms with van der Waals surface area (Å²) in [6, 6.07) is 8.53. The Bertz CT molecular complexity index is 713. The summed E-state index contributed by atoms with van der Waals surface area (Å²) >= 11 is 1.80. The van der Waals surface area contributed by atoms with E-state index in [9.17, 15) is 0 Å². The number of nitrogens with zero attached hydrogens (tertiary/aromatic N) is 3. The highest BCUT2D eigenvalue weighted by atomic mass is 32.1. The lowest BCUT2D eigenvalue weighted by molar-refractivity contribution is 0.869. The van der Waals surface area contributed by atoms with Crippen LogP contribution in [0.3, 0.4) is 0 Å². The average Bonchev–Trinajstić information content (AvgIpc) is 2.96. The number of rotatable bonds is 3. The first kappa shape index (κ1) is 12.2. The van der Waals surface area contributed by atoms with Gasteiger partial charge in [0.05, 0.1) is 6.04 Å². The molecule has 3 rings (SSSR count). The van der Waals surface area contributed by atoms with Gasteiger partial charge in [0, 0.05) is 16.0 Å². The average molecular weight is 272 g/mol. The van der Waals surface area contributed by atoms with Gasteiger partial charge in [-0.15, -0.1) is 16.4 Å². The second kappa shape index (κ2) is 4.66. The van der Waals surface area contributed by atoms with E-state index in [1.807, 2.05) is 29.8 Å². The van der Waals surface area contributed by atoms with Gasteiger partial charge in [-0.1, -0.05) is 6.07 Å². The van der Waals surface area contributed by atoms with Gasteiger partial charge in [0.25, 0.3) is 0 Å².